The highest BCUT2D eigenvalue weighted by Gasteiger charge is 2.15. The van der Waals surface area contributed by atoms with Crippen LogP contribution in [0.5, 0.6) is 11.5 Å². The number of carbonyl (C=O) groups is 1. The van der Waals surface area contributed by atoms with E-state index in [0.717, 1.165) is 54.7 Å². The van der Waals surface area contributed by atoms with Crippen molar-refractivity contribution in [3.8, 4) is 11.5 Å². The van der Waals surface area contributed by atoms with E-state index in [1.807, 2.05) is 42.5 Å². The number of thiazole rings is 1. The molecule has 3 heterocycles. The second-order valence-corrected chi connectivity index (χ2v) is 8.20. The molecular formula is C22H22N4O4S. The minimum Gasteiger partial charge on any atom is -0.454 e. The molecule has 0 bridgehead atoms. The van der Waals surface area contributed by atoms with E-state index >= 15 is 0 Å². The number of nitrogens with zero attached hydrogens (tertiary/aromatic N) is 2. The molecule has 8 nitrogen and oxygen atoms in total. The maximum Gasteiger partial charge on any atom is 0.267 e. The Kier molecular flexibility index (Phi) is 5.59. The molecule has 9 heteroatoms. The number of hydrogen-bond donors (Lipinski definition) is 2. The fourth-order valence-electron chi connectivity index (χ4n) is 3.46. The topological polar surface area (TPSA) is 85.0 Å². The van der Waals surface area contributed by atoms with E-state index in [1.54, 1.807) is 6.20 Å². The smallest absolute Gasteiger partial charge is 0.267 e. The highest BCUT2D eigenvalue weighted by Crippen LogP contribution is 2.32. The van der Waals surface area contributed by atoms with Crippen LogP contribution in [0, 0.1) is 0 Å². The molecule has 1 saturated heterocycles. The summed E-state index contributed by atoms with van der Waals surface area (Å²) in [5.41, 5.74) is 2.94. The minimum absolute atomic E-state index is 0.173. The second-order valence-electron chi connectivity index (χ2n) is 7.17. The predicted octanol–water partition coefficient (Wildman–Crippen LogP) is 3.57. The molecule has 0 aliphatic carbocycles. The Balaban J connectivity index is 1.16. The van der Waals surface area contributed by atoms with E-state index in [1.165, 1.54) is 11.3 Å². The largest absolute Gasteiger partial charge is 0.454 e. The summed E-state index contributed by atoms with van der Waals surface area (Å²) in [6.45, 7) is 4.09. The van der Waals surface area contributed by atoms with E-state index < -0.39 is 0 Å². The van der Waals surface area contributed by atoms with Gasteiger partial charge in [0.1, 0.15) is 4.88 Å². The molecule has 5 rings (SSSR count). The normalized spacial score (nSPS) is 15.0. The molecular weight excluding hydrogens is 416 g/mol. The third-order valence-corrected chi connectivity index (χ3v) is 6.07. The second kappa shape index (κ2) is 8.83. The zero-order valence-corrected chi connectivity index (χ0v) is 17.6. The zero-order chi connectivity index (χ0) is 21.0. The van der Waals surface area contributed by atoms with Crippen LogP contribution >= 0.6 is 11.3 Å². The molecule has 1 amide bonds. The van der Waals surface area contributed by atoms with Crippen LogP contribution in [-0.4, -0.2) is 44.0 Å². The van der Waals surface area contributed by atoms with Gasteiger partial charge in [0.05, 0.1) is 19.4 Å². The van der Waals surface area contributed by atoms with E-state index in [2.05, 4.69) is 20.5 Å². The molecule has 31 heavy (non-hydrogen) atoms. The van der Waals surface area contributed by atoms with Gasteiger partial charge in [-0.1, -0.05) is 17.4 Å². The van der Waals surface area contributed by atoms with Crippen LogP contribution in [0.2, 0.25) is 0 Å². The van der Waals surface area contributed by atoms with Crippen LogP contribution in [0.1, 0.15) is 15.2 Å². The molecule has 0 unspecified atom stereocenters. The monoisotopic (exact) mass is 438 g/mol. The number of amides is 1. The van der Waals surface area contributed by atoms with Gasteiger partial charge < -0.3 is 29.7 Å². The van der Waals surface area contributed by atoms with Gasteiger partial charge in [-0.2, -0.15) is 0 Å². The number of aromatic nitrogens is 1. The minimum atomic E-state index is -0.173. The Morgan fingerprint density at radius 1 is 1.06 bits per heavy atom. The lowest BCUT2D eigenvalue weighted by molar-refractivity contribution is 0.103. The summed E-state index contributed by atoms with van der Waals surface area (Å²) in [7, 11) is 0. The van der Waals surface area contributed by atoms with Crippen LogP contribution in [-0.2, 0) is 11.3 Å². The first-order valence-electron chi connectivity index (χ1n) is 10.1. The molecule has 2 aromatic carbocycles. The molecule has 0 atom stereocenters. The Labute approximate surface area is 183 Å². The Morgan fingerprint density at radius 3 is 2.71 bits per heavy atom. The van der Waals surface area contributed by atoms with Gasteiger partial charge in [-0.25, -0.2) is 4.98 Å². The Bertz CT molecular complexity index is 1060. The summed E-state index contributed by atoms with van der Waals surface area (Å²) >= 11 is 1.32. The molecule has 2 N–H and O–H groups in total. The highest BCUT2D eigenvalue weighted by molar-refractivity contribution is 7.17. The van der Waals surface area contributed by atoms with E-state index in [9.17, 15) is 4.79 Å². The zero-order valence-electron chi connectivity index (χ0n) is 16.8. The predicted molar refractivity (Wildman–Crippen MR) is 119 cm³/mol. The SMILES string of the molecule is O=C(Nc1ccc(N2CCOCC2)cc1)c1cnc(NCc2ccc3c(c2)OCO3)s1. The van der Waals surface area contributed by atoms with Crippen molar-refractivity contribution in [2.24, 2.45) is 0 Å². The fourth-order valence-corrected chi connectivity index (χ4v) is 4.17. The molecule has 2 aliphatic heterocycles. The number of anilines is 3. The fraction of sp³-hybridized carbons (Fsp3) is 0.273. The molecule has 2 aliphatic rings. The van der Waals surface area contributed by atoms with Gasteiger partial charge in [-0.05, 0) is 42.0 Å². The van der Waals surface area contributed by atoms with Crippen molar-refractivity contribution < 1.29 is 19.0 Å². The lowest BCUT2D eigenvalue weighted by Crippen LogP contribution is -2.36. The summed E-state index contributed by atoms with van der Waals surface area (Å²) in [5.74, 6) is 1.33. The molecule has 0 radical (unpaired) electrons. The first kappa shape index (κ1) is 19.7. The van der Waals surface area contributed by atoms with Crippen molar-refractivity contribution in [2.45, 2.75) is 6.54 Å². The number of benzene rings is 2. The van der Waals surface area contributed by atoms with Crippen molar-refractivity contribution in [2.75, 3.05) is 48.6 Å². The van der Waals surface area contributed by atoms with E-state index in [-0.39, 0.29) is 12.7 Å². The number of morpholine rings is 1. The molecule has 160 valence electrons. The summed E-state index contributed by atoms with van der Waals surface area (Å²) in [5, 5.41) is 6.87. The van der Waals surface area contributed by atoms with Gasteiger partial charge in [0.25, 0.3) is 5.91 Å². The molecule has 3 aromatic rings. The van der Waals surface area contributed by atoms with E-state index in [4.69, 9.17) is 14.2 Å². The molecule has 0 spiro atoms. The third kappa shape index (κ3) is 4.57. The van der Waals surface area contributed by atoms with Crippen molar-refractivity contribution in [3.05, 3.63) is 59.1 Å². The van der Waals surface area contributed by atoms with Gasteiger partial charge in [0.15, 0.2) is 16.6 Å². The van der Waals surface area contributed by atoms with Crippen molar-refractivity contribution in [1.29, 1.82) is 0 Å². The van der Waals surface area contributed by atoms with Gasteiger partial charge >= 0.3 is 0 Å². The number of rotatable bonds is 6. The molecule has 1 fully saturated rings. The number of carbonyl (C=O) groups excluding carboxylic acids is 1. The van der Waals surface area contributed by atoms with Crippen LogP contribution in [0.4, 0.5) is 16.5 Å². The standard InChI is InChI=1S/C22H22N4O4S/c27-21(25-16-2-4-17(5-3-16)26-7-9-28-10-8-26)20-13-24-22(31-20)23-12-15-1-6-18-19(11-15)30-14-29-18/h1-6,11,13H,7-10,12,14H2,(H,23,24)(H,25,27). The summed E-state index contributed by atoms with van der Waals surface area (Å²) in [6, 6.07) is 13.7. The van der Waals surface area contributed by atoms with Gasteiger partial charge in [-0.3, -0.25) is 4.79 Å². The summed E-state index contributed by atoms with van der Waals surface area (Å²) in [4.78, 5) is 19.7. The quantitative estimate of drug-likeness (QED) is 0.609. The maximum atomic E-state index is 12.6. The van der Waals surface area contributed by atoms with Crippen molar-refractivity contribution >= 4 is 33.8 Å². The van der Waals surface area contributed by atoms with E-state index in [0.29, 0.717) is 16.6 Å². The number of hydrogen-bond acceptors (Lipinski definition) is 8. The van der Waals surface area contributed by atoms with Crippen LogP contribution in [0.25, 0.3) is 0 Å². The molecule has 1 aromatic heterocycles. The third-order valence-electron chi connectivity index (χ3n) is 5.11. The summed E-state index contributed by atoms with van der Waals surface area (Å²) in [6.07, 6.45) is 1.59. The van der Waals surface area contributed by atoms with Gasteiger partial charge in [-0.15, -0.1) is 0 Å². The van der Waals surface area contributed by atoms with Crippen LogP contribution in [0.3, 0.4) is 0 Å². The maximum absolute atomic E-state index is 12.6. The van der Waals surface area contributed by atoms with Crippen molar-refractivity contribution in [3.63, 3.8) is 0 Å². The lowest BCUT2D eigenvalue weighted by atomic mass is 10.2. The average molecular weight is 439 g/mol. The summed E-state index contributed by atoms with van der Waals surface area (Å²) < 4.78 is 16.1. The average Bonchev–Trinajstić information content (AvgIpc) is 3.48. The van der Waals surface area contributed by atoms with Crippen molar-refractivity contribution in [1.82, 2.24) is 4.98 Å². The van der Waals surface area contributed by atoms with Crippen LogP contribution < -0.4 is 25.0 Å². The number of nitrogens with one attached hydrogen (secondary N) is 2. The highest BCUT2D eigenvalue weighted by atomic mass is 32.1. The first-order chi connectivity index (χ1) is 15.2. The Morgan fingerprint density at radius 2 is 1.87 bits per heavy atom. The first-order valence-corrected chi connectivity index (χ1v) is 10.9. The lowest BCUT2D eigenvalue weighted by Gasteiger charge is -2.28. The van der Waals surface area contributed by atoms with Gasteiger partial charge in [0, 0.05) is 31.0 Å². The van der Waals surface area contributed by atoms with Gasteiger partial charge in [0.2, 0.25) is 6.79 Å². The number of ether oxygens (including phenoxy) is 3. The Hall–Kier alpha value is -3.30. The molecule has 0 saturated carbocycles. The number of fused-ring (bicyclic) bond motifs is 1. The van der Waals surface area contributed by atoms with Crippen LogP contribution in [0.15, 0.2) is 48.7 Å².